The van der Waals surface area contributed by atoms with Gasteiger partial charge in [-0.05, 0) is 159 Å². The van der Waals surface area contributed by atoms with Gasteiger partial charge in [0.2, 0.25) is 5.95 Å². The molecule has 6 aromatic heterocycles. The van der Waals surface area contributed by atoms with E-state index in [1.54, 1.807) is 0 Å². The van der Waals surface area contributed by atoms with Gasteiger partial charge in [0, 0.05) is 82.8 Å². The van der Waals surface area contributed by atoms with Gasteiger partial charge >= 0.3 is 0 Å². The van der Waals surface area contributed by atoms with Crippen LogP contribution in [0.4, 0.5) is 0 Å². The van der Waals surface area contributed by atoms with E-state index in [1.807, 2.05) is 24.3 Å². The van der Waals surface area contributed by atoms with E-state index in [1.165, 1.54) is 38.2 Å². The molecule has 0 atom stereocenters. The van der Waals surface area contributed by atoms with E-state index in [9.17, 15) is 0 Å². The molecule has 0 bridgehead atoms. The van der Waals surface area contributed by atoms with Gasteiger partial charge in [0.1, 0.15) is 5.82 Å². The zero-order valence-electron chi connectivity index (χ0n) is 60.7. The van der Waals surface area contributed by atoms with Crippen molar-refractivity contribution in [1.82, 2.24) is 38.2 Å². The van der Waals surface area contributed by atoms with Crippen molar-refractivity contribution in [3.8, 4) is 124 Å². The number of hydrogen-bond acceptors (Lipinski definition) is 4. The maximum Gasteiger partial charge on any atom is 0.235 e. The molecule has 8 heteroatoms. The van der Waals surface area contributed by atoms with Gasteiger partial charge in [0.25, 0.3) is 0 Å². The lowest BCUT2D eigenvalue weighted by Crippen LogP contribution is -2.04. The summed E-state index contributed by atoms with van der Waals surface area (Å²) in [6, 6.07) is 144. The van der Waals surface area contributed by atoms with Gasteiger partial charge in [-0.3, -0.25) is 9.13 Å². The van der Waals surface area contributed by atoms with Crippen LogP contribution in [0.15, 0.2) is 400 Å². The summed E-state index contributed by atoms with van der Waals surface area (Å²) in [5, 5.41) is 9.42. The Morgan fingerprint density at radius 3 is 0.973 bits per heavy atom. The summed E-state index contributed by atoms with van der Waals surface area (Å²) in [5.74, 6) is 2.10. The average Bonchev–Trinajstić information content (AvgIpc) is 1.61. The highest BCUT2D eigenvalue weighted by Gasteiger charge is 2.23. The highest BCUT2D eigenvalue weighted by Crippen LogP contribution is 2.43. The lowest BCUT2D eigenvalue weighted by Gasteiger charge is -2.13. The van der Waals surface area contributed by atoms with Crippen molar-refractivity contribution in [3.63, 3.8) is 0 Å². The van der Waals surface area contributed by atoms with Crippen LogP contribution in [-0.2, 0) is 0 Å². The van der Waals surface area contributed by atoms with Crippen LogP contribution in [0, 0.1) is 0 Å². The molecule has 22 rings (SSSR count). The van der Waals surface area contributed by atoms with Crippen LogP contribution in [0.3, 0.4) is 0 Å². The van der Waals surface area contributed by atoms with E-state index in [0.717, 1.165) is 161 Å². The average molecular weight is 1430 g/mol. The normalized spacial score (nSPS) is 11.8. The zero-order chi connectivity index (χ0) is 73.7. The first kappa shape index (κ1) is 64.1. The topological polar surface area (TPSA) is 71.3 Å². The highest BCUT2D eigenvalue weighted by atomic mass is 15.2. The Kier molecular flexibility index (Phi) is 15.1. The quantitative estimate of drug-likeness (QED) is 0.115. The second-order valence-corrected chi connectivity index (χ2v) is 28.9. The third kappa shape index (κ3) is 10.9. The Hall–Kier alpha value is -15.1. The molecule has 0 radical (unpaired) electrons. The number of nitrogens with zero attached hydrogens (tertiary/aromatic N) is 8. The second-order valence-electron chi connectivity index (χ2n) is 28.9. The monoisotopic (exact) mass is 1430 g/mol. The Morgan fingerprint density at radius 2 is 0.464 bits per heavy atom. The van der Waals surface area contributed by atoms with Crippen molar-refractivity contribution in [2.24, 2.45) is 0 Å². The summed E-state index contributed by atoms with van der Waals surface area (Å²) in [5.41, 5.74) is 29.0. The Bertz CT molecular complexity index is 7400. The fourth-order valence-corrected chi connectivity index (χ4v) is 17.1. The summed E-state index contributed by atoms with van der Waals surface area (Å²) >= 11 is 0. The Morgan fingerprint density at radius 1 is 0.152 bits per heavy atom. The lowest BCUT2D eigenvalue weighted by atomic mass is 9.97. The molecule has 0 saturated carbocycles. The highest BCUT2D eigenvalue weighted by molar-refractivity contribution is 6.15. The van der Waals surface area contributed by atoms with Crippen LogP contribution in [0.2, 0.25) is 0 Å². The summed E-state index contributed by atoms with van der Waals surface area (Å²) in [7, 11) is 0. The maximum absolute atomic E-state index is 5.55. The molecular weight excluding hydrogens is 1360 g/mol. The SMILES string of the molecule is c1ccc(-c2ccc(-n3c4ccccc4c4ccc(-c5ccc6c(c5)c5ccccc5n6-c5nc(-c6ccccc6)cc(-c6cccc(-c7cccc(-c8ccc(-n9c%10ccccc%10c%10ccc(-c%11ccc%12c(c%11)c%11ccccc%11n%12-c%11cc(-c%12ccccc%12)nc(-c%12ccccc%12)n%11)cc%109)cc8)c7)c6)n5)cc43)cc2)cc1. The summed E-state index contributed by atoms with van der Waals surface area (Å²) in [6.07, 6.45) is 0. The minimum atomic E-state index is 0.603. The van der Waals surface area contributed by atoms with E-state index in [-0.39, 0.29) is 0 Å². The van der Waals surface area contributed by atoms with E-state index in [4.69, 9.17) is 19.9 Å². The van der Waals surface area contributed by atoms with Gasteiger partial charge in [-0.15, -0.1) is 0 Å². The minimum absolute atomic E-state index is 0.603. The fourth-order valence-electron chi connectivity index (χ4n) is 17.1. The summed E-state index contributed by atoms with van der Waals surface area (Å²) in [4.78, 5) is 21.4. The van der Waals surface area contributed by atoms with Crippen LogP contribution < -0.4 is 0 Å². The summed E-state index contributed by atoms with van der Waals surface area (Å²) in [6.45, 7) is 0. The molecule has 0 unspecified atom stereocenters. The number of aromatic nitrogens is 8. The van der Waals surface area contributed by atoms with Crippen molar-refractivity contribution >= 4 is 87.2 Å². The molecule has 0 saturated heterocycles. The van der Waals surface area contributed by atoms with Gasteiger partial charge < -0.3 is 9.13 Å². The molecule has 0 aliphatic heterocycles. The molecule has 8 nitrogen and oxygen atoms in total. The van der Waals surface area contributed by atoms with E-state index in [2.05, 4.69) is 394 Å². The number of fused-ring (bicyclic) bond motifs is 12. The van der Waals surface area contributed by atoms with E-state index in [0.29, 0.717) is 11.8 Å². The molecule has 6 heterocycles. The molecule has 0 N–H and O–H groups in total. The van der Waals surface area contributed by atoms with Crippen LogP contribution in [0.5, 0.6) is 0 Å². The molecule has 0 aliphatic rings. The zero-order valence-corrected chi connectivity index (χ0v) is 60.7. The van der Waals surface area contributed by atoms with Crippen molar-refractivity contribution < 1.29 is 0 Å². The predicted octanol–water partition coefficient (Wildman–Crippen LogP) is 26.7. The lowest BCUT2D eigenvalue weighted by molar-refractivity contribution is 0.995. The number of benzene rings is 16. The molecule has 16 aromatic carbocycles. The Labute approximate surface area is 645 Å². The van der Waals surface area contributed by atoms with Gasteiger partial charge in [-0.1, -0.05) is 291 Å². The van der Waals surface area contributed by atoms with E-state index >= 15 is 0 Å². The number of para-hydroxylation sites is 4. The Balaban J connectivity index is 0.588. The molecule has 0 fully saturated rings. The molecule has 0 amide bonds. The van der Waals surface area contributed by atoms with Crippen molar-refractivity contribution in [2.75, 3.05) is 0 Å². The summed E-state index contributed by atoms with van der Waals surface area (Å²) < 4.78 is 9.37. The largest absolute Gasteiger partial charge is 0.309 e. The van der Waals surface area contributed by atoms with Crippen LogP contribution in [-0.4, -0.2) is 38.2 Å². The molecule has 522 valence electrons. The first-order valence-electron chi connectivity index (χ1n) is 38.1. The number of hydrogen-bond donors (Lipinski definition) is 0. The molecular formula is C104H66N8. The van der Waals surface area contributed by atoms with E-state index < -0.39 is 0 Å². The molecule has 0 spiro atoms. The van der Waals surface area contributed by atoms with Crippen molar-refractivity contribution in [2.45, 2.75) is 0 Å². The van der Waals surface area contributed by atoms with Crippen LogP contribution >= 0.6 is 0 Å². The first-order valence-corrected chi connectivity index (χ1v) is 38.1. The molecule has 112 heavy (non-hydrogen) atoms. The molecule has 0 aliphatic carbocycles. The number of rotatable bonds is 13. The van der Waals surface area contributed by atoms with Crippen LogP contribution in [0.1, 0.15) is 0 Å². The van der Waals surface area contributed by atoms with Gasteiger partial charge in [-0.2, -0.15) is 0 Å². The fraction of sp³-hybridized carbons (Fsp3) is 0. The predicted molar refractivity (Wildman–Crippen MR) is 464 cm³/mol. The first-order chi connectivity index (χ1) is 55.5. The van der Waals surface area contributed by atoms with Crippen molar-refractivity contribution in [3.05, 3.63) is 400 Å². The third-order valence-corrected chi connectivity index (χ3v) is 22.4. The standard InChI is InChI=1S/C104H66N8/c1-5-23-67(24-6-1)68-43-51-81(52-44-68)109-94-39-17-13-35-83(94)87-56-48-79(64-100(87)109)77-50-58-99-90(62-77)86-38-16-20-42-97(86)112(99)104-106-91(70-25-7-2-8-26-70)65-92(107-104)80-34-22-33-75(60-80)74-32-21-31-73(59-74)69-45-53-82(54-46-69)110-95-40-18-14-36-84(95)88-55-47-78(63-101(88)110)76-49-57-98-89(61-76)85-37-15-19-41-96(85)111(98)102-66-93(71-27-9-3-10-28-71)105-103(108-102)72-29-11-4-12-30-72/h1-66H. The van der Waals surface area contributed by atoms with Gasteiger partial charge in [0.05, 0.1) is 61.2 Å². The second kappa shape index (κ2) is 26.4. The minimum Gasteiger partial charge on any atom is -0.309 e. The smallest absolute Gasteiger partial charge is 0.235 e. The van der Waals surface area contributed by atoms with Crippen molar-refractivity contribution in [1.29, 1.82) is 0 Å². The molecule has 22 aromatic rings. The van der Waals surface area contributed by atoms with Gasteiger partial charge in [0.15, 0.2) is 5.82 Å². The van der Waals surface area contributed by atoms with Crippen LogP contribution in [0.25, 0.3) is 211 Å². The van der Waals surface area contributed by atoms with Gasteiger partial charge in [-0.25, -0.2) is 19.9 Å². The third-order valence-electron chi connectivity index (χ3n) is 22.4. The maximum atomic E-state index is 5.55.